The molecule has 47 heavy (non-hydrogen) atoms. The third-order valence-electron chi connectivity index (χ3n) is 9.68. The molecule has 8 nitrogen and oxygen atoms in total. The minimum absolute atomic E-state index is 0.128. The van der Waals surface area contributed by atoms with Crippen LogP contribution in [0.5, 0.6) is 5.75 Å². The molecule has 6 atom stereocenters. The molecule has 2 bridgehead atoms. The first-order valence-corrected chi connectivity index (χ1v) is 17.7. The fourth-order valence-electron chi connectivity index (χ4n) is 7.92. The highest BCUT2D eigenvalue weighted by Crippen LogP contribution is 2.67. The van der Waals surface area contributed by atoms with E-state index in [0.29, 0.717) is 48.0 Å². The van der Waals surface area contributed by atoms with Crippen LogP contribution in [0.25, 0.3) is 0 Å². The molecule has 5 rings (SSSR count). The number of rotatable bonds is 14. The molecule has 0 aliphatic carbocycles. The van der Waals surface area contributed by atoms with E-state index in [2.05, 4.69) is 13.2 Å². The van der Waals surface area contributed by atoms with Gasteiger partial charge < -0.3 is 24.5 Å². The molecule has 0 saturated carbocycles. The van der Waals surface area contributed by atoms with Gasteiger partial charge in [-0.25, -0.2) is 0 Å². The lowest BCUT2D eigenvalue weighted by atomic mass is 9.70. The van der Waals surface area contributed by atoms with Gasteiger partial charge in [-0.05, 0) is 74.9 Å². The smallest absolute Gasteiger partial charge is 0.251 e. The number of likely N-dealkylation sites (tertiary alicyclic amines) is 1. The Bertz CT molecular complexity index is 1500. The van der Waals surface area contributed by atoms with E-state index in [-0.39, 0.29) is 48.6 Å². The molecule has 3 fully saturated rings. The lowest BCUT2D eigenvalue weighted by Gasteiger charge is -2.40. The predicted octanol–water partition coefficient (Wildman–Crippen LogP) is 6.28. The van der Waals surface area contributed by atoms with Crippen molar-refractivity contribution in [2.75, 3.05) is 36.1 Å². The summed E-state index contributed by atoms with van der Waals surface area (Å²) in [7, 11) is 0. The normalized spacial score (nSPS) is 25.1. The first-order valence-electron chi connectivity index (χ1n) is 16.5. The number of hydrogen-bond donors (Lipinski definition) is 1. The van der Waals surface area contributed by atoms with E-state index in [4.69, 9.17) is 16.3 Å². The van der Waals surface area contributed by atoms with Gasteiger partial charge in [0.15, 0.2) is 0 Å². The van der Waals surface area contributed by atoms with E-state index in [1.54, 1.807) is 44.7 Å². The van der Waals surface area contributed by atoms with E-state index in [0.717, 1.165) is 5.56 Å². The zero-order valence-corrected chi connectivity index (χ0v) is 29.3. The maximum atomic E-state index is 15.1. The number of aliphatic hydroxyl groups excluding tert-OH is 1. The summed E-state index contributed by atoms with van der Waals surface area (Å²) >= 11 is 8.33. The number of thioether (sulfide) groups is 1. The molecule has 2 unspecified atom stereocenters. The number of anilines is 2. The van der Waals surface area contributed by atoms with Crippen molar-refractivity contribution < 1.29 is 24.2 Å². The molecule has 1 N–H and O–H groups in total. The molecule has 10 heteroatoms. The van der Waals surface area contributed by atoms with Crippen LogP contribution in [0.3, 0.4) is 0 Å². The van der Waals surface area contributed by atoms with Crippen LogP contribution in [-0.4, -0.2) is 76.1 Å². The largest absolute Gasteiger partial charge is 0.494 e. The molecule has 0 radical (unpaired) electrons. The summed E-state index contributed by atoms with van der Waals surface area (Å²) in [5.74, 6) is -1.16. The van der Waals surface area contributed by atoms with Crippen LogP contribution in [0.15, 0.2) is 67.8 Å². The highest BCUT2D eigenvalue weighted by Gasteiger charge is 2.74. The molecule has 2 aromatic rings. The first-order chi connectivity index (χ1) is 22.5. The van der Waals surface area contributed by atoms with Crippen LogP contribution in [-0.2, 0) is 14.4 Å². The number of fused-ring (bicyclic) bond motifs is 1. The van der Waals surface area contributed by atoms with Crippen molar-refractivity contribution in [3.05, 3.63) is 78.4 Å². The fourth-order valence-corrected chi connectivity index (χ4v) is 10.4. The zero-order chi connectivity index (χ0) is 34.0. The van der Waals surface area contributed by atoms with Gasteiger partial charge in [-0.1, -0.05) is 49.7 Å². The number of ether oxygens (including phenoxy) is 1. The van der Waals surface area contributed by atoms with Crippen LogP contribution in [0.4, 0.5) is 11.4 Å². The Morgan fingerprint density at radius 3 is 2.40 bits per heavy atom. The number of hydrogen-bond acceptors (Lipinski definition) is 6. The van der Waals surface area contributed by atoms with Gasteiger partial charge in [-0.15, -0.1) is 24.9 Å². The van der Waals surface area contributed by atoms with Crippen LogP contribution in [0.1, 0.15) is 45.6 Å². The number of amides is 3. The molecular weight excluding hydrogens is 634 g/mol. The second-order valence-corrected chi connectivity index (χ2v) is 15.1. The summed E-state index contributed by atoms with van der Waals surface area (Å²) in [6, 6.07) is 11.4. The van der Waals surface area contributed by atoms with Gasteiger partial charge >= 0.3 is 0 Å². The minimum atomic E-state index is -0.891. The molecule has 0 aromatic heterocycles. The fraction of sp³-hybridized carbons (Fsp3) is 0.486. The third-order valence-corrected chi connectivity index (χ3v) is 11.9. The van der Waals surface area contributed by atoms with Gasteiger partial charge in [0, 0.05) is 24.0 Å². The van der Waals surface area contributed by atoms with Gasteiger partial charge in [-0.2, -0.15) is 0 Å². The monoisotopic (exact) mass is 679 g/mol. The van der Waals surface area contributed by atoms with Crippen molar-refractivity contribution in [1.82, 2.24) is 4.90 Å². The molecule has 3 aliphatic heterocycles. The summed E-state index contributed by atoms with van der Waals surface area (Å²) in [6.07, 6.45) is 5.17. The van der Waals surface area contributed by atoms with E-state index >= 15 is 4.79 Å². The van der Waals surface area contributed by atoms with Crippen molar-refractivity contribution in [3.8, 4) is 5.75 Å². The number of carbonyl (C=O) groups excluding carboxylic acids is 3. The predicted molar refractivity (Wildman–Crippen MR) is 190 cm³/mol. The van der Waals surface area contributed by atoms with Gasteiger partial charge in [0.1, 0.15) is 11.8 Å². The van der Waals surface area contributed by atoms with Gasteiger partial charge in [-0.3, -0.25) is 14.4 Å². The standard InChI is InChI=1S/C37H46ClN3O5S/c1-7-19-39(25-13-15-27(16-14-25)46-9-3)34(43)30-29-17-18-37(47-29)31(30)35(44)41(26(22-42)21-23(4)5)33(37)36(45)40(20-8-2)32-24(6)11-10-12-28(32)38/h7-8,10-16,23,26,29-31,33,42H,1-2,9,17-22H2,3-6H3/t26-,29+,30-,31+,33?,37?/m1/s1. The Labute approximate surface area is 287 Å². The zero-order valence-electron chi connectivity index (χ0n) is 27.7. The minimum Gasteiger partial charge on any atom is -0.494 e. The second-order valence-electron chi connectivity index (χ2n) is 13.1. The molecule has 3 saturated heterocycles. The van der Waals surface area contributed by atoms with Crippen molar-refractivity contribution in [1.29, 1.82) is 0 Å². The Morgan fingerprint density at radius 1 is 1.13 bits per heavy atom. The molecule has 3 aliphatic rings. The summed E-state index contributed by atoms with van der Waals surface area (Å²) in [4.78, 5) is 49.5. The van der Waals surface area contributed by atoms with Gasteiger partial charge in [0.2, 0.25) is 11.8 Å². The highest BCUT2D eigenvalue weighted by atomic mass is 35.5. The third kappa shape index (κ3) is 6.22. The summed E-state index contributed by atoms with van der Waals surface area (Å²) in [6.45, 7) is 16.4. The Balaban J connectivity index is 1.60. The number of benzene rings is 2. The number of aliphatic hydroxyl groups is 1. The molecule has 252 valence electrons. The second kappa shape index (κ2) is 14.5. The van der Waals surface area contributed by atoms with E-state index in [9.17, 15) is 14.7 Å². The summed E-state index contributed by atoms with van der Waals surface area (Å²) in [5.41, 5.74) is 2.09. The van der Waals surface area contributed by atoms with E-state index in [1.807, 2.05) is 64.1 Å². The maximum Gasteiger partial charge on any atom is 0.251 e. The van der Waals surface area contributed by atoms with Crippen molar-refractivity contribution >= 4 is 52.5 Å². The molecule has 3 heterocycles. The topological polar surface area (TPSA) is 90.4 Å². The lowest BCUT2D eigenvalue weighted by Crippen LogP contribution is -2.58. The first kappa shape index (κ1) is 35.0. The summed E-state index contributed by atoms with van der Waals surface area (Å²) < 4.78 is 4.78. The Kier molecular flexibility index (Phi) is 10.8. The molecule has 3 amide bonds. The molecule has 1 spiro atoms. The lowest BCUT2D eigenvalue weighted by molar-refractivity contribution is -0.142. The van der Waals surface area contributed by atoms with Crippen molar-refractivity contribution in [2.24, 2.45) is 17.8 Å². The molecule has 2 aromatic carbocycles. The number of aryl methyl sites for hydroxylation is 1. The number of carbonyl (C=O) groups is 3. The average Bonchev–Trinajstić information content (AvgIpc) is 3.69. The van der Waals surface area contributed by atoms with Crippen LogP contribution >= 0.6 is 23.4 Å². The average molecular weight is 680 g/mol. The maximum absolute atomic E-state index is 15.1. The van der Waals surface area contributed by atoms with E-state index in [1.165, 1.54) is 0 Å². The number of halogens is 1. The SMILES string of the molecule is C=CCN(C(=O)[C@@H]1[C@@H]2CCC3(S2)C(C(=O)N(CC=C)c2c(C)cccc2Cl)N([C@@H](CO)CC(C)C)C(=O)[C@H]13)c1ccc(OCC)cc1. The number of nitrogens with zero attached hydrogens (tertiary/aromatic N) is 3. The van der Waals surface area contributed by atoms with Crippen molar-refractivity contribution in [2.45, 2.75) is 69.0 Å². The van der Waals surface area contributed by atoms with Gasteiger partial charge in [0.05, 0.1) is 46.5 Å². The van der Waals surface area contributed by atoms with Crippen LogP contribution < -0.4 is 14.5 Å². The van der Waals surface area contributed by atoms with Crippen molar-refractivity contribution in [3.63, 3.8) is 0 Å². The van der Waals surface area contributed by atoms with Crippen LogP contribution in [0.2, 0.25) is 5.02 Å². The highest BCUT2D eigenvalue weighted by molar-refractivity contribution is 8.02. The summed E-state index contributed by atoms with van der Waals surface area (Å²) in [5, 5.41) is 11.0. The molecular formula is C37H46ClN3O5S. The Hall–Kier alpha value is -3.27. The van der Waals surface area contributed by atoms with Gasteiger partial charge in [0.25, 0.3) is 5.91 Å². The quantitative estimate of drug-likeness (QED) is 0.236. The van der Waals surface area contributed by atoms with Crippen LogP contribution in [0, 0.1) is 24.7 Å². The van der Waals surface area contributed by atoms with E-state index < -0.39 is 28.7 Å². The Morgan fingerprint density at radius 2 is 1.81 bits per heavy atom. The number of para-hydroxylation sites is 1.